The van der Waals surface area contributed by atoms with Gasteiger partial charge < -0.3 is 14.8 Å². The van der Waals surface area contributed by atoms with Gasteiger partial charge in [0.15, 0.2) is 6.10 Å². The Kier molecular flexibility index (Phi) is 6.90. The third-order valence-corrected chi connectivity index (χ3v) is 4.07. The summed E-state index contributed by atoms with van der Waals surface area (Å²) >= 11 is 0. The van der Waals surface area contributed by atoms with Crippen molar-refractivity contribution in [3.8, 4) is 5.75 Å². The van der Waals surface area contributed by atoms with Crippen molar-refractivity contribution in [1.29, 1.82) is 0 Å². The van der Waals surface area contributed by atoms with E-state index in [2.05, 4.69) is 17.4 Å². The average Bonchev–Trinajstić information content (AvgIpc) is 2.54. The molecule has 0 saturated heterocycles. The summed E-state index contributed by atoms with van der Waals surface area (Å²) in [6.07, 6.45) is 5.35. The summed E-state index contributed by atoms with van der Waals surface area (Å²) in [7, 11) is 0. The van der Waals surface area contributed by atoms with Crippen LogP contribution in [0.4, 0.5) is 0 Å². The average molecular weight is 319 g/mol. The molecule has 4 heteroatoms. The normalized spacial score (nSPS) is 15.1. The quantitative estimate of drug-likeness (QED) is 0.748. The molecule has 0 aromatic heterocycles. The van der Waals surface area contributed by atoms with Gasteiger partial charge in [-0.1, -0.05) is 6.07 Å². The predicted octanol–water partition coefficient (Wildman–Crippen LogP) is 3.26. The number of fused-ring (bicyclic) bond motifs is 1. The van der Waals surface area contributed by atoms with Gasteiger partial charge in [0.25, 0.3) is 5.91 Å². The highest BCUT2D eigenvalue weighted by Gasteiger charge is 2.16. The van der Waals surface area contributed by atoms with Gasteiger partial charge in [-0.3, -0.25) is 4.79 Å². The Morgan fingerprint density at radius 1 is 1.17 bits per heavy atom. The van der Waals surface area contributed by atoms with Crippen LogP contribution in [0.2, 0.25) is 0 Å². The van der Waals surface area contributed by atoms with Crippen molar-refractivity contribution in [3.05, 3.63) is 29.3 Å². The van der Waals surface area contributed by atoms with Crippen molar-refractivity contribution in [2.45, 2.75) is 65.1 Å². The maximum atomic E-state index is 12.1. The molecule has 23 heavy (non-hydrogen) atoms. The number of ether oxygens (including phenoxy) is 2. The van der Waals surface area contributed by atoms with Gasteiger partial charge in [0.1, 0.15) is 5.75 Å². The molecule has 1 amide bonds. The molecule has 0 heterocycles. The van der Waals surface area contributed by atoms with E-state index >= 15 is 0 Å². The number of aryl methyl sites for hydroxylation is 2. The number of nitrogens with one attached hydrogen (secondary N) is 1. The van der Waals surface area contributed by atoms with Crippen molar-refractivity contribution < 1.29 is 14.3 Å². The van der Waals surface area contributed by atoms with Crippen LogP contribution >= 0.6 is 0 Å². The molecule has 1 aliphatic carbocycles. The summed E-state index contributed by atoms with van der Waals surface area (Å²) in [4.78, 5) is 12.1. The Labute approximate surface area is 139 Å². The number of benzene rings is 1. The van der Waals surface area contributed by atoms with Crippen LogP contribution in [0, 0.1) is 0 Å². The molecule has 0 spiro atoms. The van der Waals surface area contributed by atoms with E-state index in [-0.39, 0.29) is 12.0 Å². The molecule has 2 rings (SSSR count). The highest BCUT2D eigenvalue weighted by Crippen LogP contribution is 2.25. The molecule has 0 radical (unpaired) electrons. The SMILES string of the molecule is CC(C)OCCCNC(=O)[C@@H](C)Oc1ccc2c(c1)CCCC2. The zero-order valence-corrected chi connectivity index (χ0v) is 14.6. The molecule has 0 fully saturated rings. The summed E-state index contributed by atoms with van der Waals surface area (Å²) in [6, 6.07) is 6.21. The molecule has 0 saturated carbocycles. The fraction of sp³-hybridized carbons (Fsp3) is 0.632. The minimum Gasteiger partial charge on any atom is -0.481 e. The molecule has 128 valence electrons. The molecule has 0 bridgehead atoms. The second-order valence-electron chi connectivity index (χ2n) is 6.46. The molecule has 1 N–H and O–H groups in total. The van der Waals surface area contributed by atoms with E-state index in [1.54, 1.807) is 6.92 Å². The van der Waals surface area contributed by atoms with Crippen molar-refractivity contribution in [2.24, 2.45) is 0 Å². The van der Waals surface area contributed by atoms with Gasteiger partial charge in [-0.05, 0) is 76.1 Å². The topological polar surface area (TPSA) is 47.6 Å². The van der Waals surface area contributed by atoms with E-state index in [9.17, 15) is 4.79 Å². The number of amides is 1. The first-order valence-electron chi connectivity index (χ1n) is 8.74. The summed E-state index contributed by atoms with van der Waals surface area (Å²) in [5.41, 5.74) is 2.79. The lowest BCUT2D eigenvalue weighted by Gasteiger charge is -2.19. The number of hydrogen-bond donors (Lipinski definition) is 1. The minimum absolute atomic E-state index is 0.0766. The Balaban J connectivity index is 1.75. The van der Waals surface area contributed by atoms with E-state index in [1.165, 1.54) is 24.0 Å². The smallest absolute Gasteiger partial charge is 0.260 e. The molecule has 1 aromatic rings. The summed E-state index contributed by atoms with van der Waals surface area (Å²) in [5, 5.41) is 2.89. The molecule has 1 aliphatic rings. The van der Waals surface area contributed by atoms with Gasteiger partial charge in [-0.2, -0.15) is 0 Å². The molecule has 4 nitrogen and oxygen atoms in total. The van der Waals surface area contributed by atoms with Crippen LogP contribution in [0.5, 0.6) is 5.75 Å². The number of hydrogen-bond acceptors (Lipinski definition) is 3. The van der Waals surface area contributed by atoms with Crippen molar-refractivity contribution in [1.82, 2.24) is 5.32 Å². The Hall–Kier alpha value is -1.55. The van der Waals surface area contributed by atoms with Crippen LogP contribution in [0.3, 0.4) is 0 Å². The van der Waals surface area contributed by atoms with Crippen LogP contribution in [0.1, 0.15) is 51.2 Å². The number of rotatable bonds is 8. The monoisotopic (exact) mass is 319 g/mol. The zero-order valence-electron chi connectivity index (χ0n) is 14.6. The highest BCUT2D eigenvalue weighted by atomic mass is 16.5. The first-order valence-corrected chi connectivity index (χ1v) is 8.74. The summed E-state index contributed by atoms with van der Waals surface area (Å²) in [5.74, 6) is 0.712. The van der Waals surface area contributed by atoms with Crippen LogP contribution < -0.4 is 10.1 Å². The lowest BCUT2D eigenvalue weighted by molar-refractivity contribution is -0.127. The number of carbonyl (C=O) groups excluding carboxylic acids is 1. The van der Waals surface area contributed by atoms with Crippen molar-refractivity contribution in [2.75, 3.05) is 13.2 Å². The van der Waals surface area contributed by atoms with E-state index in [4.69, 9.17) is 9.47 Å². The predicted molar refractivity (Wildman–Crippen MR) is 91.9 cm³/mol. The minimum atomic E-state index is -0.484. The van der Waals surface area contributed by atoms with Gasteiger partial charge in [0.05, 0.1) is 6.10 Å². The van der Waals surface area contributed by atoms with Crippen LogP contribution in [-0.2, 0) is 22.4 Å². The second-order valence-corrected chi connectivity index (χ2v) is 6.46. The van der Waals surface area contributed by atoms with Crippen LogP contribution in [0.15, 0.2) is 18.2 Å². The van der Waals surface area contributed by atoms with Gasteiger partial charge in [0.2, 0.25) is 0 Å². The third-order valence-electron chi connectivity index (χ3n) is 4.07. The van der Waals surface area contributed by atoms with E-state index in [0.29, 0.717) is 13.2 Å². The Morgan fingerprint density at radius 2 is 1.91 bits per heavy atom. The Bertz CT molecular complexity index is 513. The standard InChI is InChI=1S/C19H29NO3/c1-14(2)22-12-6-11-20-19(21)15(3)23-18-10-9-16-7-4-5-8-17(16)13-18/h9-10,13-15H,4-8,11-12H2,1-3H3,(H,20,21)/t15-/m1/s1. The first kappa shape index (κ1) is 17.8. The van der Waals surface area contributed by atoms with Gasteiger partial charge in [-0.25, -0.2) is 0 Å². The lowest BCUT2D eigenvalue weighted by atomic mass is 9.92. The van der Waals surface area contributed by atoms with E-state index in [0.717, 1.165) is 25.0 Å². The Morgan fingerprint density at radius 3 is 2.65 bits per heavy atom. The van der Waals surface area contributed by atoms with Crippen molar-refractivity contribution >= 4 is 5.91 Å². The van der Waals surface area contributed by atoms with E-state index < -0.39 is 6.10 Å². The van der Waals surface area contributed by atoms with Crippen LogP contribution in [-0.4, -0.2) is 31.3 Å². The van der Waals surface area contributed by atoms with Crippen molar-refractivity contribution in [3.63, 3.8) is 0 Å². The molecular weight excluding hydrogens is 290 g/mol. The maximum Gasteiger partial charge on any atom is 0.260 e. The lowest BCUT2D eigenvalue weighted by Crippen LogP contribution is -2.37. The largest absolute Gasteiger partial charge is 0.481 e. The fourth-order valence-corrected chi connectivity index (χ4v) is 2.79. The molecule has 0 aliphatic heterocycles. The molecular formula is C19H29NO3. The first-order chi connectivity index (χ1) is 11.1. The fourth-order valence-electron chi connectivity index (χ4n) is 2.79. The zero-order chi connectivity index (χ0) is 16.7. The third kappa shape index (κ3) is 5.87. The number of carbonyl (C=O) groups is 1. The molecule has 0 unspecified atom stereocenters. The molecule has 1 atom stereocenters. The highest BCUT2D eigenvalue weighted by molar-refractivity contribution is 5.80. The maximum absolute atomic E-state index is 12.1. The molecule has 1 aromatic carbocycles. The van der Waals surface area contributed by atoms with Gasteiger partial charge >= 0.3 is 0 Å². The van der Waals surface area contributed by atoms with Crippen LogP contribution in [0.25, 0.3) is 0 Å². The van der Waals surface area contributed by atoms with Gasteiger partial charge in [0, 0.05) is 13.2 Å². The summed E-state index contributed by atoms with van der Waals surface area (Å²) < 4.78 is 11.2. The van der Waals surface area contributed by atoms with E-state index in [1.807, 2.05) is 19.9 Å². The van der Waals surface area contributed by atoms with Gasteiger partial charge in [-0.15, -0.1) is 0 Å². The second kappa shape index (κ2) is 8.92. The summed E-state index contributed by atoms with van der Waals surface area (Å²) in [6.45, 7) is 7.08.